The number of nitrogens with zero attached hydrogens (tertiary/aromatic N) is 1. The summed E-state index contributed by atoms with van der Waals surface area (Å²) >= 11 is 17.9. The largest absolute Gasteiger partial charge is 0.340 e. The van der Waals surface area contributed by atoms with E-state index >= 15 is 0 Å². The quantitative estimate of drug-likeness (QED) is 0.515. The van der Waals surface area contributed by atoms with Crippen molar-refractivity contribution in [2.75, 3.05) is 0 Å². The molecule has 0 aliphatic carbocycles. The van der Waals surface area contributed by atoms with Crippen molar-refractivity contribution in [3.63, 3.8) is 0 Å². The summed E-state index contributed by atoms with van der Waals surface area (Å²) in [5.74, 6) is 0. The van der Waals surface area contributed by atoms with Crippen LogP contribution in [0, 0.1) is 0 Å². The van der Waals surface area contributed by atoms with E-state index < -0.39 is 20.2 Å². The van der Waals surface area contributed by atoms with Gasteiger partial charge in [0.05, 0.1) is 6.04 Å². The van der Waals surface area contributed by atoms with Crippen LogP contribution in [0.5, 0.6) is 0 Å². The molecular weight excluding hydrogens is 405 g/mol. The zero-order valence-electron chi connectivity index (χ0n) is 13.2. The van der Waals surface area contributed by atoms with E-state index in [1.54, 1.807) is 30.3 Å². The van der Waals surface area contributed by atoms with Crippen LogP contribution in [0.2, 0.25) is 0 Å². The minimum atomic E-state index is -4.08. The Kier molecular flexibility index (Phi) is 5.36. The van der Waals surface area contributed by atoms with Gasteiger partial charge in [0.1, 0.15) is 0 Å². The van der Waals surface area contributed by atoms with Crippen molar-refractivity contribution in [1.29, 1.82) is 0 Å². The third-order valence-corrected chi connectivity index (χ3v) is 6.17. The summed E-state index contributed by atoms with van der Waals surface area (Å²) in [5.41, 5.74) is 1.36. The fraction of sp³-hybridized carbons (Fsp3) is 0.294. The van der Waals surface area contributed by atoms with Gasteiger partial charge in [0.15, 0.2) is 6.10 Å². The van der Waals surface area contributed by atoms with Crippen molar-refractivity contribution >= 4 is 45.1 Å². The van der Waals surface area contributed by atoms with Crippen LogP contribution in [0.15, 0.2) is 60.7 Å². The second-order valence-electron chi connectivity index (χ2n) is 5.81. The fourth-order valence-corrected chi connectivity index (χ4v) is 5.15. The predicted octanol–water partition coefficient (Wildman–Crippen LogP) is 4.80. The molecule has 8 heteroatoms. The monoisotopic (exact) mass is 419 g/mol. The molecule has 0 amide bonds. The van der Waals surface area contributed by atoms with Gasteiger partial charge in [-0.25, -0.2) is 4.18 Å². The lowest BCUT2D eigenvalue weighted by atomic mass is 10.1. The summed E-state index contributed by atoms with van der Waals surface area (Å²) in [6.07, 6.45) is -1.24. The Bertz CT molecular complexity index is 825. The molecule has 2 aromatic rings. The molecule has 1 fully saturated rings. The molecule has 1 aliphatic heterocycles. The molecule has 4 atom stereocenters. The van der Waals surface area contributed by atoms with Crippen molar-refractivity contribution in [2.45, 2.75) is 28.9 Å². The number of halogens is 3. The lowest BCUT2D eigenvalue weighted by Gasteiger charge is -2.24. The van der Waals surface area contributed by atoms with Gasteiger partial charge in [-0.2, -0.15) is 12.7 Å². The van der Waals surface area contributed by atoms with Crippen molar-refractivity contribution in [2.24, 2.45) is 0 Å². The van der Waals surface area contributed by atoms with Gasteiger partial charge < -0.3 is 0 Å². The first-order valence-corrected chi connectivity index (χ1v) is 10.1. The Morgan fingerprint density at radius 1 is 1.00 bits per heavy atom. The Balaban J connectivity index is 1.85. The van der Waals surface area contributed by atoms with Crippen LogP contribution in [-0.2, 0) is 14.5 Å². The molecule has 0 aromatic heterocycles. The highest BCUT2D eigenvalue weighted by molar-refractivity contribution is 7.84. The molecule has 4 unspecified atom stereocenters. The van der Waals surface area contributed by atoms with Crippen LogP contribution < -0.4 is 0 Å². The van der Waals surface area contributed by atoms with E-state index in [0.29, 0.717) is 5.56 Å². The number of rotatable bonds is 5. The average molecular weight is 421 g/mol. The second kappa shape index (κ2) is 7.06. The smallest absolute Gasteiger partial charge is 0.245 e. The zero-order chi connectivity index (χ0) is 18.2. The maximum Gasteiger partial charge on any atom is 0.340 e. The SMILES string of the molecule is CC1C(c2ccccc2)N1S(=O)(=O)OC(c1ccccc1)C(Cl)(Cl)Cl. The van der Waals surface area contributed by atoms with Gasteiger partial charge in [-0.15, -0.1) is 0 Å². The van der Waals surface area contributed by atoms with E-state index in [1.165, 1.54) is 4.31 Å². The second-order valence-corrected chi connectivity index (χ2v) is 9.65. The van der Waals surface area contributed by atoms with E-state index in [2.05, 4.69) is 0 Å². The molecule has 0 saturated carbocycles. The molecule has 0 radical (unpaired) electrons. The Morgan fingerprint density at radius 3 is 2.04 bits per heavy atom. The third-order valence-electron chi connectivity index (χ3n) is 4.06. The first-order valence-electron chi connectivity index (χ1n) is 7.60. The highest BCUT2D eigenvalue weighted by Crippen LogP contribution is 2.49. The number of benzene rings is 2. The number of alkyl halides is 3. The van der Waals surface area contributed by atoms with E-state index in [-0.39, 0.29) is 12.1 Å². The lowest BCUT2D eigenvalue weighted by Crippen LogP contribution is -2.27. The van der Waals surface area contributed by atoms with E-state index in [9.17, 15) is 8.42 Å². The minimum absolute atomic E-state index is 0.223. The van der Waals surface area contributed by atoms with E-state index in [0.717, 1.165) is 5.56 Å². The summed E-state index contributed by atoms with van der Waals surface area (Å²) < 4.78 is 30.2. The molecule has 0 spiro atoms. The van der Waals surface area contributed by atoms with E-state index in [4.69, 9.17) is 39.0 Å². The van der Waals surface area contributed by atoms with Crippen molar-refractivity contribution < 1.29 is 12.6 Å². The van der Waals surface area contributed by atoms with Crippen LogP contribution in [-0.4, -0.2) is 22.6 Å². The zero-order valence-corrected chi connectivity index (χ0v) is 16.3. The molecule has 134 valence electrons. The van der Waals surface area contributed by atoms with Crippen molar-refractivity contribution in [1.82, 2.24) is 4.31 Å². The Labute approximate surface area is 162 Å². The van der Waals surface area contributed by atoms with Crippen LogP contribution in [0.1, 0.15) is 30.2 Å². The fourth-order valence-electron chi connectivity index (χ4n) is 2.84. The molecule has 2 aromatic carbocycles. The molecule has 0 N–H and O–H groups in total. The maximum atomic E-state index is 12.7. The topological polar surface area (TPSA) is 46.4 Å². The maximum absolute atomic E-state index is 12.7. The number of hydrogen-bond donors (Lipinski definition) is 0. The van der Waals surface area contributed by atoms with Crippen LogP contribution in [0.3, 0.4) is 0 Å². The van der Waals surface area contributed by atoms with Gasteiger partial charge in [0, 0.05) is 6.04 Å². The van der Waals surface area contributed by atoms with Gasteiger partial charge in [0.2, 0.25) is 3.79 Å². The molecule has 1 saturated heterocycles. The molecule has 25 heavy (non-hydrogen) atoms. The van der Waals surface area contributed by atoms with Crippen molar-refractivity contribution in [3.05, 3.63) is 71.8 Å². The summed E-state index contributed by atoms with van der Waals surface area (Å²) in [5, 5.41) is 0. The Hall–Kier alpha value is -0.820. The highest BCUT2D eigenvalue weighted by Gasteiger charge is 2.55. The van der Waals surface area contributed by atoms with E-state index in [1.807, 2.05) is 37.3 Å². The minimum Gasteiger partial charge on any atom is -0.245 e. The van der Waals surface area contributed by atoms with Crippen LogP contribution in [0.25, 0.3) is 0 Å². The normalized spacial score (nSPS) is 24.7. The summed E-state index contributed by atoms with van der Waals surface area (Å²) in [7, 11) is -4.08. The summed E-state index contributed by atoms with van der Waals surface area (Å²) in [4.78, 5) is 0. The predicted molar refractivity (Wildman–Crippen MR) is 100.0 cm³/mol. The van der Waals surface area contributed by atoms with Crippen LogP contribution >= 0.6 is 34.8 Å². The van der Waals surface area contributed by atoms with Gasteiger partial charge in [-0.05, 0) is 18.1 Å². The molecule has 3 rings (SSSR count). The standard InChI is InChI=1S/C17H16Cl3NO3S/c1-12-15(13-8-4-2-5-9-13)21(12)25(22,23)24-16(17(18,19)20)14-10-6-3-7-11-14/h2-12,15-16H,1H3. The lowest BCUT2D eigenvalue weighted by molar-refractivity contribution is 0.204. The molecular formula is C17H16Cl3NO3S. The van der Waals surface area contributed by atoms with Gasteiger partial charge in [-0.1, -0.05) is 95.5 Å². The third kappa shape index (κ3) is 4.13. The first kappa shape index (κ1) is 19.0. The van der Waals surface area contributed by atoms with Gasteiger partial charge >= 0.3 is 10.3 Å². The van der Waals surface area contributed by atoms with Gasteiger partial charge in [0.25, 0.3) is 0 Å². The van der Waals surface area contributed by atoms with Crippen LogP contribution in [0.4, 0.5) is 0 Å². The highest BCUT2D eigenvalue weighted by atomic mass is 35.6. The number of hydrogen-bond acceptors (Lipinski definition) is 3. The average Bonchev–Trinajstić information content (AvgIpc) is 3.26. The summed E-state index contributed by atoms with van der Waals surface area (Å²) in [6.45, 7) is 1.81. The first-order chi connectivity index (χ1) is 11.7. The molecule has 0 bridgehead atoms. The van der Waals surface area contributed by atoms with Crippen molar-refractivity contribution in [3.8, 4) is 0 Å². The molecule has 1 heterocycles. The summed E-state index contributed by atoms with van der Waals surface area (Å²) in [6, 6.07) is 17.4. The Morgan fingerprint density at radius 2 is 1.52 bits per heavy atom. The molecule has 4 nitrogen and oxygen atoms in total. The molecule has 1 aliphatic rings. The van der Waals surface area contributed by atoms with Gasteiger partial charge in [-0.3, -0.25) is 0 Å².